The highest BCUT2D eigenvalue weighted by atomic mass is 16.4. The van der Waals surface area contributed by atoms with Crippen LogP contribution in [0.4, 0.5) is 0 Å². The molecule has 0 aliphatic carbocycles. The molecule has 2 aromatic rings. The van der Waals surface area contributed by atoms with Crippen molar-refractivity contribution in [3.8, 4) is 0 Å². The first kappa shape index (κ1) is 38.6. The molecule has 3 heteroatoms. The van der Waals surface area contributed by atoms with Crippen LogP contribution in [0.2, 0.25) is 0 Å². The van der Waals surface area contributed by atoms with Crippen LogP contribution in [0.5, 0.6) is 0 Å². The topological polar surface area (TPSA) is 54.4 Å². The maximum Gasteiger partial charge on any atom is 0.307 e. The summed E-state index contributed by atoms with van der Waals surface area (Å²) in [7, 11) is 0. The molecule has 3 nitrogen and oxygen atoms in total. The summed E-state index contributed by atoms with van der Waals surface area (Å²) in [5.74, 6) is -0.389. The molecular weight excluding hydrogens is 528 g/mol. The first-order valence-electron chi connectivity index (χ1n) is 17.8. The average Bonchev–Trinajstić information content (AvgIpc) is 2.98. The number of carbonyl (C=O) groups excluding carboxylic acids is 1. The number of aliphatic carboxylic acids is 1. The molecule has 0 saturated heterocycles. The highest BCUT2D eigenvalue weighted by Gasteiger charge is 2.07. The van der Waals surface area contributed by atoms with E-state index >= 15 is 0 Å². The Hall–Kier alpha value is -2.42. The Morgan fingerprint density at radius 3 is 1.07 bits per heavy atom. The Kier molecular flexibility index (Phi) is 22.4. The lowest BCUT2D eigenvalue weighted by molar-refractivity contribution is -0.136. The molecular formula is C40H64O3. The quantitative estimate of drug-likeness (QED) is 0.131. The Bertz CT molecular complexity index is 964. The van der Waals surface area contributed by atoms with Gasteiger partial charge in [0.25, 0.3) is 0 Å². The first-order chi connectivity index (χ1) is 20.8. The van der Waals surface area contributed by atoms with Crippen LogP contribution in [-0.2, 0) is 48.1 Å². The summed E-state index contributed by atoms with van der Waals surface area (Å²) in [6.07, 6.45) is 23.5. The number of carboxylic acids is 1. The van der Waals surface area contributed by atoms with Gasteiger partial charge in [0.15, 0.2) is 0 Å². The number of carbonyl (C=O) groups is 2. The number of hydrogen-bond donors (Lipinski definition) is 1. The number of Topliss-reactive ketones (excluding diaryl/α,β-unsaturated/α-hetero) is 1. The summed E-state index contributed by atoms with van der Waals surface area (Å²) >= 11 is 0. The Morgan fingerprint density at radius 2 is 0.744 bits per heavy atom. The third kappa shape index (κ3) is 19.5. The van der Waals surface area contributed by atoms with E-state index in [-0.39, 0.29) is 6.42 Å². The number of aryl methyl sites for hydroxylation is 4. The summed E-state index contributed by atoms with van der Waals surface area (Å²) in [4.78, 5) is 22.7. The molecule has 0 aromatic heterocycles. The standard InChI is InChI=1S/C20H32O2.C20H32O/c1-3-5-7-9-11-17-13-18(12-10-8-6-4-2)15-19(14-17)16-20(21)22;1-4-7-9-11-17-13-18(12-10-8-5-2)15-19(14-17)16-20(21)6-3/h13-15H,3-12,16H2,1-2H3,(H,21,22);13-15H,4-12,16H2,1-3H3. The molecule has 0 saturated carbocycles. The number of ketones is 1. The minimum absolute atomic E-state index is 0.144. The smallest absolute Gasteiger partial charge is 0.307 e. The fourth-order valence-corrected chi connectivity index (χ4v) is 5.66. The third-order valence-corrected chi connectivity index (χ3v) is 8.15. The van der Waals surface area contributed by atoms with Gasteiger partial charge < -0.3 is 5.11 Å². The van der Waals surface area contributed by atoms with Gasteiger partial charge >= 0.3 is 5.97 Å². The van der Waals surface area contributed by atoms with Gasteiger partial charge in [0.2, 0.25) is 0 Å². The van der Waals surface area contributed by atoms with Crippen LogP contribution < -0.4 is 0 Å². The highest BCUT2D eigenvalue weighted by molar-refractivity contribution is 5.80. The first-order valence-corrected chi connectivity index (χ1v) is 17.8. The predicted octanol–water partition coefficient (Wildman–Crippen LogP) is 11.2. The zero-order chi connectivity index (χ0) is 31.7. The molecule has 0 amide bonds. The van der Waals surface area contributed by atoms with Crippen molar-refractivity contribution in [2.24, 2.45) is 0 Å². The van der Waals surface area contributed by atoms with E-state index < -0.39 is 5.97 Å². The van der Waals surface area contributed by atoms with Crippen LogP contribution in [-0.4, -0.2) is 16.9 Å². The van der Waals surface area contributed by atoms with Crippen molar-refractivity contribution in [2.75, 3.05) is 0 Å². The lowest BCUT2D eigenvalue weighted by atomic mass is 9.96. The number of rotatable bonds is 23. The number of benzene rings is 2. The molecule has 1 N–H and O–H groups in total. The van der Waals surface area contributed by atoms with Crippen molar-refractivity contribution in [3.63, 3.8) is 0 Å². The normalized spacial score (nSPS) is 10.8. The molecule has 2 rings (SSSR count). The summed E-state index contributed by atoms with van der Waals surface area (Å²) in [5, 5.41) is 9.04. The highest BCUT2D eigenvalue weighted by Crippen LogP contribution is 2.19. The fraction of sp³-hybridized carbons (Fsp3) is 0.650. The number of carboxylic acid groups (broad SMARTS) is 1. The van der Waals surface area contributed by atoms with Gasteiger partial charge in [-0.15, -0.1) is 0 Å². The van der Waals surface area contributed by atoms with E-state index in [9.17, 15) is 9.59 Å². The van der Waals surface area contributed by atoms with Gasteiger partial charge in [0.1, 0.15) is 5.78 Å². The number of unbranched alkanes of at least 4 members (excludes halogenated alkanes) is 10. The van der Waals surface area contributed by atoms with Crippen molar-refractivity contribution >= 4 is 11.8 Å². The zero-order valence-corrected chi connectivity index (χ0v) is 28.6. The van der Waals surface area contributed by atoms with Gasteiger partial charge in [-0.1, -0.05) is 135 Å². The van der Waals surface area contributed by atoms with Crippen LogP contribution in [0.25, 0.3) is 0 Å². The molecule has 0 bridgehead atoms. The van der Waals surface area contributed by atoms with Crippen molar-refractivity contribution in [1.82, 2.24) is 0 Å². The molecule has 0 unspecified atom stereocenters. The Morgan fingerprint density at radius 1 is 0.442 bits per heavy atom. The van der Waals surface area contributed by atoms with Gasteiger partial charge in [-0.05, 0) is 84.7 Å². The van der Waals surface area contributed by atoms with E-state index in [2.05, 4.69) is 64.1 Å². The van der Waals surface area contributed by atoms with Gasteiger partial charge in [-0.2, -0.15) is 0 Å². The van der Waals surface area contributed by atoms with Crippen molar-refractivity contribution < 1.29 is 14.7 Å². The molecule has 242 valence electrons. The molecule has 0 spiro atoms. The zero-order valence-electron chi connectivity index (χ0n) is 28.6. The van der Waals surface area contributed by atoms with Gasteiger partial charge in [0.05, 0.1) is 6.42 Å². The van der Waals surface area contributed by atoms with Gasteiger partial charge in [-0.3, -0.25) is 9.59 Å². The minimum Gasteiger partial charge on any atom is -0.481 e. The van der Waals surface area contributed by atoms with Crippen LogP contribution in [0.3, 0.4) is 0 Å². The van der Waals surface area contributed by atoms with E-state index in [0.29, 0.717) is 18.6 Å². The Labute approximate surface area is 265 Å². The minimum atomic E-state index is -0.736. The summed E-state index contributed by atoms with van der Waals surface area (Å²) in [6, 6.07) is 13.4. The molecule has 0 heterocycles. The van der Waals surface area contributed by atoms with Gasteiger partial charge in [-0.25, -0.2) is 0 Å². The van der Waals surface area contributed by atoms with E-state index in [1.165, 1.54) is 118 Å². The van der Waals surface area contributed by atoms with Crippen LogP contribution in [0, 0.1) is 0 Å². The lowest BCUT2D eigenvalue weighted by Crippen LogP contribution is -2.02. The van der Waals surface area contributed by atoms with E-state index in [1.54, 1.807) is 0 Å². The van der Waals surface area contributed by atoms with E-state index in [4.69, 9.17) is 5.11 Å². The van der Waals surface area contributed by atoms with Crippen molar-refractivity contribution in [1.29, 1.82) is 0 Å². The van der Waals surface area contributed by atoms with Crippen molar-refractivity contribution in [3.05, 3.63) is 69.8 Å². The molecule has 0 aliphatic heterocycles. The summed E-state index contributed by atoms with van der Waals surface area (Å²) < 4.78 is 0. The lowest BCUT2D eigenvalue weighted by Gasteiger charge is -2.10. The second kappa shape index (κ2) is 25.0. The van der Waals surface area contributed by atoms with Crippen molar-refractivity contribution in [2.45, 2.75) is 169 Å². The van der Waals surface area contributed by atoms with Crippen LogP contribution in [0.15, 0.2) is 36.4 Å². The van der Waals surface area contributed by atoms with E-state index in [0.717, 1.165) is 31.2 Å². The number of hydrogen-bond acceptors (Lipinski definition) is 2. The molecule has 0 fully saturated rings. The fourth-order valence-electron chi connectivity index (χ4n) is 5.66. The molecule has 0 atom stereocenters. The summed E-state index contributed by atoms with van der Waals surface area (Å²) in [6.45, 7) is 10.9. The third-order valence-electron chi connectivity index (χ3n) is 8.15. The summed E-state index contributed by atoms with van der Waals surface area (Å²) in [5.41, 5.74) is 7.68. The second-order valence-electron chi connectivity index (χ2n) is 12.5. The monoisotopic (exact) mass is 592 g/mol. The molecule has 0 aliphatic rings. The largest absolute Gasteiger partial charge is 0.481 e. The predicted molar refractivity (Wildman–Crippen MR) is 185 cm³/mol. The van der Waals surface area contributed by atoms with Crippen LogP contribution in [0.1, 0.15) is 164 Å². The SMILES string of the molecule is CCCCCCc1cc(CCCCCC)cc(CC(=O)O)c1.CCCCCc1cc(CCCCC)cc(CC(=O)CC)c1. The maximum atomic E-state index is 11.7. The second-order valence-corrected chi connectivity index (χ2v) is 12.5. The van der Waals surface area contributed by atoms with Crippen LogP contribution >= 0.6 is 0 Å². The maximum absolute atomic E-state index is 11.7. The molecule has 43 heavy (non-hydrogen) atoms. The Balaban J connectivity index is 0.000000430. The molecule has 2 aromatic carbocycles. The molecule has 0 radical (unpaired) electrons. The van der Waals surface area contributed by atoms with Gasteiger partial charge in [0, 0.05) is 12.8 Å². The average molecular weight is 593 g/mol. The van der Waals surface area contributed by atoms with E-state index in [1.807, 2.05) is 6.92 Å².